The lowest BCUT2D eigenvalue weighted by Crippen LogP contribution is -2.16. The first-order valence-corrected chi connectivity index (χ1v) is 6.63. The van der Waals surface area contributed by atoms with Gasteiger partial charge in [-0.2, -0.15) is 5.10 Å². The molecule has 2 aromatic rings. The molecule has 0 unspecified atom stereocenters. The standard InChI is InChI=1S/C12H13BrN4O/c1-7-4-11(16-15-7)14-12(18)10-5-8(13)6-17(10)9-2-3-9/h4-6,9H,2-3H2,1H3,(H2,14,15,16,18). The third kappa shape index (κ3) is 2.20. The highest BCUT2D eigenvalue weighted by atomic mass is 79.9. The second kappa shape index (κ2) is 4.28. The fourth-order valence-corrected chi connectivity index (χ4v) is 2.38. The van der Waals surface area contributed by atoms with E-state index in [0.717, 1.165) is 23.0 Å². The van der Waals surface area contributed by atoms with Gasteiger partial charge in [-0.3, -0.25) is 9.89 Å². The molecule has 1 amide bonds. The molecule has 0 spiro atoms. The Morgan fingerprint density at radius 3 is 2.94 bits per heavy atom. The summed E-state index contributed by atoms with van der Waals surface area (Å²) >= 11 is 3.41. The SMILES string of the molecule is Cc1cc(NC(=O)c2cc(Br)cn2C2CC2)n[nH]1. The van der Waals surface area contributed by atoms with Gasteiger partial charge < -0.3 is 9.88 Å². The zero-order valence-electron chi connectivity index (χ0n) is 9.90. The van der Waals surface area contributed by atoms with Gasteiger partial charge in [0.2, 0.25) is 0 Å². The van der Waals surface area contributed by atoms with Crippen LogP contribution in [0.25, 0.3) is 0 Å². The molecule has 0 aliphatic heterocycles. The van der Waals surface area contributed by atoms with Crippen molar-refractivity contribution < 1.29 is 4.79 Å². The lowest BCUT2D eigenvalue weighted by Gasteiger charge is -2.06. The van der Waals surface area contributed by atoms with Crippen LogP contribution in [0.4, 0.5) is 5.82 Å². The Morgan fingerprint density at radius 1 is 1.56 bits per heavy atom. The molecule has 0 bridgehead atoms. The maximum atomic E-state index is 12.2. The molecular formula is C12H13BrN4O. The van der Waals surface area contributed by atoms with Crippen molar-refractivity contribution >= 4 is 27.7 Å². The van der Waals surface area contributed by atoms with Crippen molar-refractivity contribution in [1.82, 2.24) is 14.8 Å². The first-order valence-electron chi connectivity index (χ1n) is 5.84. The van der Waals surface area contributed by atoms with E-state index in [4.69, 9.17) is 0 Å². The Labute approximate surface area is 113 Å². The van der Waals surface area contributed by atoms with E-state index in [-0.39, 0.29) is 5.91 Å². The Bertz CT molecular complexity index is 597. The van der Waals surface area contributed by atoms with E-state index >= 15 is 0 Å². The zero-order chi connectivity index (χ0) is 12.7. The number of hydrogen-bond donors (Lipinski definition) is 2. The molecule has 0 saturated heterocycles. The van der Waals surface area contributed by atoms with E-state index < -0.39 is 0 Å². The van der Waals surface area contributed by atoms with Crippen LogP contribution in [0.2, 0.25) is 0 Å². The first kappa shape index (κ1) is 11.5. The van der Waals surface area contributed by atoms with Crippen molar-refractivity contribution in [1.29, 1.82) is 0 Å². The highest BCUT2D eigenvalue weighted by Gasteiger charge is 2.27. The molecule has 2 aromatic heterocycles. The molecule has 2 N–H and O–H groups in total. The molecule has 1 saturated carbocycles. The lowest BCUT2D eigenvalue weighted by molar-refractivity contribution is 0.101. The molecule has 2 heterocycles. The number of nitrogens with zero attached hydrogens (tertiary/aromatic N) is 2. The van der Waals surface area contributed by atoms with E-state index in [1.54, 1.807) is 6.07 Å². The number of carbonyl (C=O) groups is 1. The third-order valence-corrected chi connectivity index (χ3v) is 3.37. The number of hydrogen-bond acceptors (Lipinski definition) is 2. The number of aromatic amines is 1. The van der Waals surface area contributed by atoms with Gasteiger partial charge in [0, 0.05) is 28.5 Å². The fraction of sp³-hybridized carbons (Fsp3) is 0.333. The molecule has 1 fully saturated rings. The Hall–Kier alpha value is -1.56. The largest absolute Gasteiger partial charge is 0.339 e. The van der Waals surface area contributed by atoms with Gasteiger partial charge in [-0.1, -0.05) is 0 Å². The second-order valence-corrected chi connectivity index (χ2v) is 5.49. The summed E-state index contributed by atoms with van der Waals surface area (Å²) < 4.78 is 2.96. The van der Waals surface area contributed by atoms with Crippen LogP contribution in [0.1, 0.15) is 35.1 Å². The average Bonchev–Trinajstić information content (AvgIpc) is 2.98. The predicted octanol–water partition coefficient (Wildman–Crippen LogP) is 2.87. The van der Waals surface area contributed by atoms with Crippen molar-refractivity contribution in [2.75, 3.05) is 5.32 Å². The summed E-state index contributed by atoms with van der Waals surface area (Å²) in [6.45, 7) is 1.89. The summed E-state index contributed by atoms with van der Waals surface area (Å²) in [5, 5.41) is 9.59. The van der Waals surface area contributed by atoms with Crippen molar-refractivity contribution in [2.45, 2.75) is 25.8 Å². The highest BCUT2D eigenvalue weighted by molar-refractivity contribution is 9.10. The molecule has 0 atom stereocenters. The van der Waals surface area contributed by atoms with E-state index in [9.17, 15) is 4.79 Å². The van der Waals surface area contributed by atoms with Gasteiger partial charge in [-0.15, -0.1) is 0 Å². The molecule has 6 heteroatoms. The molecular weight excluding hydrogens is 296 g/mol. The van der Waals surface area contributed by atoms with Crippen LogP contribution in [-0.2, 0) is 0 Å². The normalized spacial score (nSPS) is 14.8. The topological polar surface area (TPSA) is 62.7 Å². The van der Waals surface area contributed by atoms with Crippen LogP contribution in [0, 0.1) is 6.92 Å². The number of nitrogens with one attached hydrogen (secondary N) is 2. The minimum Gasteiger partial charge on any atom is -0.339 e. The van der Waals surface area contributed by atoms with Crippen LogP contribution in [-0.4, -0.2) is 20.7 Å². The van der Waals surface area contributed by atoms with Crippen LogP contribution in [0.15, 0.2) is 22.8 Å². The monoisotopic (exact) mass is 308 g/mol. The Morgan fingerprint density at radius 2 is 2.33 bits per heavy atom. The van der Waals surface area contributed by atoms with Gasteiger partial charge in [-0.05, 0) is 41.8 Å². The molecule has 94 valence electrons. The molecule has 0 aromatic carbocycles. The summed E-state index contributed by atoms with van der Waals surface area (Å²) in [6, 6.07) is 4.11. The Balaban J connectivity index is 1.83. The summed E-state index contributed by atoms with van der Waals surface area (Å²) in [4.78, 5) is 12.2. The highest BCUT2D eigenvalue weighted by Crippen LogP contribution is 2.37. The van der Waals surface area contributed by atoms with E-state index in [1.807, 2.05) is 23.8 Å². The van der Waals surface area contributed by atoms with Crippen LogP contribution in [0.3, 0.4) is 0 Å². The zero-order valence-corrected chi connectivity index (χ0v) is 11.5. The van der Waals surface area contributed by atoms with Crippen molar-refractivity contribution in [2.24, 2.45) is 0 Å². The van der Waals surface area contributed by atoms with Gasteiger partial charge in [0.25, 0.3) is 5.91 Å². The predicted molar refractivity (Wildman–Crippen MR) is 71.7 cm³/mol. The lowest BCUT2D eigenvalue weighted by atomic mass is 10.4. The quantitative estimate of drug-likeness (QED) is 0.916. The number of amides is 1. The maximum Gasteiger partial charge on any atom is 0.273 e. The van der Waals surface area contributed by atoms with Crippen molar-refractivity contribution in [3.05, 3.63) is 34.2 Å². The van der Waals surface area contributed by atoms with E-state index in [1.165, 1.54) is 0 Å². The number of aryl methyl sites for hydroxylation is 1. The summed E-state index contributed by atoms with van der Waals surface area (Å²) in [5.74, 6) is 0.427. The van der Waals surface area contributed by atoms with Gasteiger partial charge in [0.15, 0.2) is 5.82 Å². The van der Waals surface area contributed by atoms with Gasteiger partial charge in [-0.25, -0.2) is 0 Å². The number of rotatable bonds is 3. The number of aromatic nitrogens is 3. The maximum absolute atomic E-state index is 12.2. The van der Waals surface area contributed by atoms with Crippen LogP contribution < -0.4 is 5.32 Å². The molecule has 0 radical (unpaired) electrons. The van der Waals surface area contributed by atoms with Crippen molar-refractivity contribution in [3.63, 3.8) is 0 Å². The minimum absolute atomic E-state index is 0.126. The third-order valence-electron chi connectivity index (χ3n) is 2.94. The minimum atomic E-state index is -0.126. The Kier molecular flexibility index (Phi) is 2.74. The van der Waals surface area contributed by atoms with E-state index in [2.05, 4.69) is 31.4 Å². The van der Waals surface area contributed by atoms with Gasteiger partial charge in [0.1, 0.15) is 5.69 Å². The van der Waals surface area contributed by atoms with Crippen molar-refractivity contribution in [3.8, 4) is 0 Å². The average molecular weight is 309 g/mol. The molecule has 1 aliphatic rings. The first-order chi connectivity index (χ1) is 8.63. The number of anilines is 1. The van der Waals surface area contributed by atoms with Gasteiger partial charge >= 0.3 is 0 Å². The summed E-state index contributed by atoms with van der Waals surface area (Å²) in [6.07, 6.45) is 4.24. The smallest absolute Gasteiger partial charge is 0.273 e. The molecule has 3 rings (SSSR count). The number of H-pyrrole nitrogens is 1. The fourth-order valence-electron chi connectivity index (χ4n) is 1.94. The molecule has 5 nitrogen and oxygen atoms in total. The number of halogens is 1. The number of carbonyl (C=O) groups excluding carboxylic acids is 1. The summed E-state index contributed by atoms with van der Waals surface area (Å²) in [5.41, 5.74) is 1.59. The summed E-state index contributed by atoms with van der Waals surface area (Å²) in [7, 11) is 0. The van der Waals surface area contributed by atoms with Gasteiger partial charge in [0.05, 0.1) is 0 Å². The molecule has 18 heavy (non-hydrogen) atoms. The van der Waals surface area contributed by atoms with Crippen LogP contribution in [0.5, 0.6) is 0 Å². The second-order valence-electron chi connectivity index (χ2n) is 4.57. The van der Waals surface area contributed by atoms with Crippen LogP contribution >= 0.6 is 15.9 Å². The molecule has 1 aliphatic carbocycles. The van der Waals surface area contributed by atoms with E-state index in [0.29, 0.717) is 17.6 Å².